The second kappa shape index (κ2) is 7.75. The smallest absolute Gasteiger partial charge is 0.324 e. The molecule has 4 heterocycles. The molecule has 6 nitrogen and oxygen atoms in total. The second-order valence-corrected chi connectivity index (χ2v) is 9.06. The minimum atomic E-state index is -0.111. The van der Waals surface area contributed by atoms with E-state index in [0.717, 1.165) is 49.6 Å². The van der Waals surface area contributed by atoms with Crippen LogP contribution in [0.3, 0.4) is 0 Å². The first-order valence-corrected chi connectivity index (χ1v) is 10.5. The standard InChI is InChI=1S/C23H31N5O/c1-17-5-6-20-21(25-17)23(2,3)16-28(20)22(29)27-13-9-19(10-14-27)26(4)15-18-7-11-24-12-8-18/h5-8,11-12,19H,9-10,13-16H2,1-4H3. The fraction of sp³-hybridized carbons (Fsp3) is 0.522. The fourth-order valence-corrected chi connectivity index (χ4v) is 4.57. The molecule has 1 fully saturated rings. The van der Waals surface area contributed by atoms with Crippen molar-refractivity contribution in [2.45, 2.75) is 51.6 Å². The highest BCUT2D eigenvalue weighted by Gasteiger charge is 2.41. The molecule has 4 rings (SSSR count). The summed E-state index contributed by atoms with van der Waals surface area (Å²) in [6.07, 6.45) is 5.69. The van der Waals surface area contributed by atoms with Crippen LogP contribution in [0.15, 0.2) is 36.7 Å². The lowest BCUT2D eigenvalue weighted by Crippen LogP contribution is -2.50. The highest BCUT2D eigenvalue weighted by molar-refractivity contribution is 5.94. The van der Waals surface area contributed by atoms with E-state index in [0.29, 0.717) is 12.6 Å². The Morgan fingerprint density at radius 3 is 2.55 bits per heavy atom. The van der Waals surface area contributed by atoms with E-state index >= 15 is 0 Å². The quantitative estimate of drug-likeness (QED) is 0.800. The average molecular weight is 394 g/mol. The zero-order chi connectivity index (χ0) is 20.6. The number of aromatic nitrogens is 2. The number of urea groups is 1. The third-order valence-electron chi connectivity index (χ3n) is 6.27. The topological polar surface area (TPSA) is 52.6 Å². The van der Waals surface area contributed by atoms with E-state index in [1.165, 1.54) is 5.56 Å². The maximum absolute atomic E-state index is 13.3. The van der Waals surface area contributed by atoms with Gasteiger partial charge < -0.3 is 4.90 Å². The summed E-state index contributed by atoms with van der Waals surface area (Å²) >= 11 is 0. The number of anilines is 1. The van der Waals surface area contributed by atoms with Crippen LogP contribution >= 0.6 is 0 Å². The summed E-state index contributed by atoms with van der Waals surface area (Å²) in [7, 11) is 2.18. The molecule has 0 saturated carbocycles. The number of nitrogens with zero attached hydrogens (tertiary/aromatic N) is 5. The summed E-state index contributed by atoms with van der Waals surface area (Å²) in [4.78, 5) is 28.5. The molecule has 2 aliphatic rings. The number of carbonyl (C=O) groups excluding carboxylic acids is 1. The van der Waals surface area contributed by atoms with Crippen molar-refractivity contribution in [2.75, 3.05) is 31.6 Å². The molecule has 0 N–H and O–H groups in total. The number of amides is 2. The van der Waals surface area contributed by atoms with Crippen molar-refractivity contribution in [1.82, 2.24) is 19.8 Å². The van der Waals surface area contributed by atoms with Crippen molar-refractivity contribution in [3.8, 4) is 0 Å². The van der Waals surface area contributed by atoms with Crippen molar-refractivity contribution in [1.29, 1.82) is 0 Å². The Morgan fingerprint density at radius 1 is 1.17 bits per heavy atom. The highest BCUT2D eigenvalue weighted by atomic mass is 16.2. The first-order chi connectivity index (χ1) is 13.8. The van der Waals surface area contributed by atoms with Gasteiger partial charge in [-0.05, 0) is 56.6 Å². The van der Waals surface area contributed by atoms with Crippen LogP contribution in [0.25, 0.3) is 0 Å². The Bertz CT molecular complexity index is 874. The van der Waals surface area contributed by atoms with Crippen LogP contribution in [0.5, 0.6) is 0 Å². The molecule has 0 aromatic carbocycles. The zero-order valence-corrected chi connectivity index (χ0v) is 17.9. The lowest BCUT2D eigenvalue weighted by atomic mass is 9.91. The molecule has 154 valence electrons. The van der Waals surface area contributed by atoms with Gasteiger partial charge in [0.25, 0.3) is 0 Å². The van der Waals surface area contributed by atoms with Crippen LogP contribution in [-0.4, -0.2) is 58.5 Å². The Labute approximate surface area is 173 Å². The van der Waals surface area contributed by atoms with Crippen molar-refractivity contribution in [3.63, 3.8) is 0 Å². The number of piperidine rings is 1. The lowest BCUT2D eigenvalue weighted by Gasteiger charge is -2.38. The van der Waals surface area contributed by atoms with E-state index in [2.05, 4.69) is 49.0 Å². The monoisotopic (exact) mass is 393 g/mol. The van der Waals surface area contributed by atoms with Gasteiger partial charge in [0.15, 0.2) is 0 Å². The molecule has 2 aromatic heterocycles. The van der Waals surface area contributed by atoms with Crippen LogP contribution in [0.2, 0.25) is 0 Å². The molecule has 2 amide bonds. The summed E-state index contributed by atoms with van der Waals surface area (Å²) in [5, 5.41) is 0. The third-order valence-corrected chi connectivity index (χ3v) is 6.27. The molecule has 0 atom stereocenters. The van der Waals surface area contributed by atoms with Gasteiger partial charge in [0.2, 0.25) is 0 Å². The number of fused-ring (bicyclic) bond motifs is 1. The number of hydrogen-bond acceptors (Lipinski definition) is 4. The number of aryl methyl sites for hydroxylation is 1. The molecule has 0 aliphatic carbocycles. The van der Waals surface area contributed by atoms with Crippen molar-refractivity contribution >= 4 is 11.7 Å². The summed E-state index contributed by atoms with van der Waals surface area (Å²) < 4.78 is 0. The van der Waals surface area contributed by atoms with Gasteiger partial charge in [-0.25, -0.2) is 4.79 Å². The van der Waals surface area contributed by atoms with Crippen LogP contribution in [0.1, 0.15) is 43.6 Å². The van der Waals surface area contributed by atoms with Crippen LogP contribution < -0.4 is 4.90 Å². The third kappa shape index (κ3) is 3.99. The van der Waals surface area contributed by atoms with Gasteiger partial charge in [-0.15, -0.1) is 0 Å². The predicted octanol–water partition coefficient (Wildman–Crippen LogP) is 3.60. The summed E-state index contributed by atoms with van der Waals surface area (Å²) in [6.45, 7) is 9.57. The molecule has 0 spiro atoms. The molecule has 0 bridgehead atoms. The van der Waals surface area contributed by atoms with Crippen LogP contribution in [0, 0.1) is 6.92 Å². The van der Waals surface area contributed by atoms with Gasteiger partial charge in [-0.2, -0.15) is 0 Å². The van der Waals surface area contributed by atoms with Crippen molar-refractivity contribution in [3.05, 3.63) is 53.6 Å². The lowest BCUT2D eigenvalue weighted by molar-refractivity contribution is 0.133. The van der Waals surface area contributed by atoms with Crippen molar-refractivity contribution < 1.29 is 4.79 Å². The molecule has 0 unspecified atom stereocenters. The Balaban J connectivity index is 1.39. The van der Waals surface area contributed by atoms with E-state index in [1.54, 1.807) is 0 Å². The van der Waals surface area contributed by atoms with E-state index < -0.39 is 0 Å². The van der Waals surface area contributed by atoms with Crippen LogP contribution in [0.4, 0.5) is 10.5 Å². The van der Waals surface area contributed by atoms with E-state index in [1.807, 2.05) is 35.2 Å². The van der Waals surface area contributed by atoms with Gasteiger partial charge in [-0.1, -0.05) is 13.8 Å². The van der Waals surface area contributed by atoms with E-state index in [-0.39, 0.29) is 11.4 Å². The molecule has 2 aliphatic heterocycles. The number of hydrogen-bond donors (Lipinski definition) is 0. The largest absolute Gasteiger partial charge is 0.324 e. The minimum absolute atomic E-state index is 0.111. The number of pyridine rings is 2. The number of rotatable bonds is 3. The van der Waals surface area contributed by atoms with Crippen molar-refractivity contribution in [2.24, 2.45) is 0 Å². The normalized spacial score (nSPS) is 18.9. The Kier molecular flexibility index (Phi) is 5.30. The second-order valence-electron chi connectivity index (χ2n) is 9.06. The first kappa shape index (κ1) is 19.8. The fourth-order valence-electron chi connectivity index (χ4n) is 4.57. The molecule has 2 aromatic rings. The summed E-state index contributed by atoms with van der Waals surface area (Å²) in [5.74, 6) is 0. The Morgan fingerprint density at radius 2 is 1.86 bits per heavy atom. The molecular formula is C23H31N5O. The number of carbonyl (C=O) groups is 1. The Hall–Kier alpha value is -2.47. The summed E-state index contributed by atoms with van der Waals surface area (Å²) in [5.41, 5.74) is 4.18. The first-order valence-electron chi connectivity index (χ1n) is 10.5. The SMILES string of the molecule is Cc1ccc2c(n1)C(C)(C)CN2C(=O)N1CCC(N(C)Cc2ccncc2)CC1. The molecule has 1 saturated heterocycles. The van der Waals surface area contributed by atoms with Gasteiger partial charge in [0.05, 0.1) is 11.4 Å². The highest BCUT2D eigenvalue weighted by Crippen LogP contribution is 2.39. The van der Waals surface area contributed by atoms with Gasteiger partial charge in [0.1, 0.15) is 0 Å². The minimum Gasteiger partial charge on any atom is -0.324 e. The predicted molar refractivity (Wildman–Crippen MR) is 115 cm³/mol. The van der Waals surface area contributed by atoms with E-state index in [4.69, 9.17) is 4.98 Å². The molecule has 0 radical (unpaired) electrons. The molecule has 29 heavy (non-hydrogen) atoms. The average Bonchev–Trinajstić information content (AvgIpc) is 2.98. The number of likely N-dealkylation sites (tertiary alicyclic amines) is 1. The van der Waals surface area contributed by atoms with E-state index in [9.17, 15) is 4.79 Å². The zero-order valence-electron chi connectivity index (χ0n) is 17.9. The van der Waals surface area contributed by atoms with Gasteiger partial charge in [-0.3, -0.25) is 19.8 Å². The molecule has 6 heteroatoms. The van der Waals surface area contributed by atoms with Gasteiger partial charge in [0, 0.05) is 55.7 Å². The maximum atomic E-state index is 13.3. The summed E-state index contributed by atoms with van der Waals surface area (Å²) in [6, 6.07) is 8.81. The van der Waals surface area contributed by atoms with Gasteiger partial charge >= 0.3 is 6.03 Å². The van der Waals surface area contributed by atoms with Crippen LogP contribution in [-0.2, 0) is 12.0 Å². The molecular weight excluding hydrogens is 362 g/mol. The maximum Gasteiger partial charge on any atom is 0.324 e.